The van der Waals surface area contributed by atoms with Gasteiger partial charge in [-0.15, -0.1) is 11.8 Å². The third kappa shape index (κ3) is 2.76. The van der Waals surface area contributed by atoms with Gasteiger partial charge in [-0.25, -0.2) is 4.98 Å². The maximum atomic E-state index is 12.3. The number of thioether (sulfide) groups is 1. The molecule has 0 radical (unpaired) electrons. The Bertz CT molecular complexity index is 615. The number of nitrogens with one attached hydrogen (secondary N) is 1. The molecule has 1 unspecified atom stereocenters. The van der Waals surface area contributed by atoms with Crippen LogP contribution in [-0.4, -0.2) is 16.6 Å². The van der Waals surface area contributed by atoms with Crippen LogP contribution >= 0.6 is 34.4 Å². The van der Waals surface area contributed by atoms with Gasteiger partial charge in [0.2, 0.25) is 5.91 Å². The second-order valence-corrected chi connectivity index (χ2v) is 6.56. The summed E-state index contributed by atoms with van der Waals surface area (Å²) in [4.78, 5) is 17.7. The molecule has 5 heteroatoms. The summed E-state index contributed by atoms with van der Waals surface area (Å²) in [7, 11) is 0. The van der Waals surface area contributed by atoms with Gasteiger partial charge in [0.05, 0.1) is 5.92 Å². The molecule has 3 rings (SSSR count). The highest BCUT2D eigenvalue weighted by molar-refractivity contribution is 14.1. The summed E-state index contributed by atoms with van der Waals surface area (Å²) in [5.74, 6) is 1.35. The van der Waals surface area contributed by atoms with Gasteiger partial charge in [0.25, 0.3) is 0 Å². The van der Waals surface area contributed by atoms with E-state index in [4.69, 9.17) is 0 Å². The van der Waals surface area contributed by atoms with E-state index in [0.29, 0.717) is 5.82 Å². The van der Waals surface area contributed by atoms with Crippen LogP contribution in [0.3, 0.4) is 0 Å². The molecule has 1 aliphatic heterocycles. The molecule has 1 aliphatic rings. The highest BCUT2D eigenvalue weighted by Gasteiger charge is 2.29. The first-order valence-corrected chi connectivity index (χ1v) is 7.94. The van der Waals surface area contributed by atoms with Gasteiger partial charge >= 0.3 is 0 Å². The fraction of sp³-hybridized carbons (Fsp3) is 0.143. The number of rotatable bonds is 2. The third-order valence-electron chi connectivity index (χ3n) is 3.00. The number of carbonyl (C=O) groups is 1. The standard InChI is InChI=1S/C14H11IN2OS/c15-9-5-6-13(16-7-9)17-14(18)11-8-19-12-4-2-1-3-10(11)12/h1-7,11H,8H2,(H,16,17,18). The summed E-state index contributed by atoms with van der Waals surface area (Å²) < 4.78 is 1.05. The minimum absolute atomic E-state index is 0.0196. The topological polar surface area (TPSA) is 42.0 Å². The predicted octanol–water partition coefficient (Wildman–Crippen LogP) is 3.51. The molecule has 19 heavy (non-hydrogen) atoms. The largest absolute Gasteiger partial charge is 0.310 e. The number of halogens is 1. The van der Waals surface area contributed by atoms with E-state index in [1.54, 1.807) is 18.0 Å². The molecule has 2 heterocycles. The van der Waals surface area contributed by atoms with Crippen LogP contribution < -0.4 is 5.32 Å². The van der Waals surface area contributed by atoms with E-state index >= 15 is 0 Å². The number of aromatic nitrogens is 1. The van der Waals surface area contributed by atoms with Crippen molar-refractivity contribution in [2.45, 2.75) is 10.8 Å². The van der Waals surface area contributed by atoms with E-state index in [0.717, 1.165) is 14.9 Å². The second-order valence-electron chi connectivity index (χ2n) is 4.25. The summed E-state index contributed by atoms with van der Waals surface area (Å²) in [5.41, 5.74) is 1.12. The summed E-state index contributed by atoms with van der Waals surface area (Å²) in [6, 6.07) is 11.8. The van der Waals surface area contributed by atoms with Crippen molar-refractivity contribution in [3.8, 4) is 0 Å². The average molecular weight is 382 g/mol. The minimum Gasteiger partial charge on any atom is -0.310 e. The Hall–Kier alpha value is -1.08. The van der Waals surface area contributed by atoms with Gasteiger partial charge in [-0.05, 0) is 46.4 Å². The van der Waals surface area contributed by atoms with Gasteiger partial charge in [-0.2, -0.15) is 0 Å². The number of pyridine rings is 1. The van der Waals surface area contributed by atoms with E-state index in [9.17, 15) is 4.79 Å². The van der Waals surface area contributed by atoms with Crippen molar-refractivity contribution in [2.75, 3.05) is 11.1 Å². The molecular weight excluding hydrogens is 371 g/mol. The number of hydrogen-bond acceptors (Lipinski definition) is 3. The van der Waals surface area contributed by atoms with Crippen molar-refractivity contribution < 1.29 is 4.79 Å². The van der Waals surface area contributed by atoms with Gasteiger partial charge in [0.1, 0.15) is 5.82 Å². The first-order valence-electron chi connectivity index (χ1n) is 5.88. The van der Waals surface area contributed by atoms with Crippen LogP contribution in [0.4, 0.5) is 5.82 Å². The molecule has 0 saturated heterocycles. The molecule has 1 aromatic carbocycles. The van der Waals surface area contributed by atoms with E-state index in [1.165, 1.54) is 4.90 Å². The highest BCUT2D eigenvalue weighted by atomic mass is 127. The Morgan fingerprint density at radius 3 is 2.95 bits per heavy atom. The minimum atomic E-state index is -0.0812. The first-order chi connectivity index (χ1) is 9.24. The van der Waals surface area contributed by atoms with Crippen LogP contribution in [0.1, 0.15) is 11.5 Å². The maximum Gasteiger partial charge on any atom is 0.233 e. The van der Waals surface area contributed by atoms with Gasteiger partial charge in [-0.1, -0.05) is 18.2 Å². The molecule has 1 atom stereocenters. The van der Waals surface area contributed by atoms with Crippen molar-refractivity contribution in [1.29, 1.82) is 0 Å². The molecular formula is C14H11IN2OS. The SMILES string of the molecule is O=C(Nc1ccc(I)cn1)C1CSc2ccccc21. The van der Waals surface area contributed by atoms with E-state index < -0.39 is 0 Å². The van der Waals surface area contributed by atoms with Gasteiger partial charge in [0, 0.05) is 20.4 Å². The van der Waals surface area contributed by atoms with Crippen LogP contribution in [-0.2, 0) is 4.79 Å². The van der Waals surface area contributed by atoms with Crippen molar-refractivity contribution >= 4 is 46.1 Å². The van der Waals surface area contributed by atoms with E-state index in [2.05, 4.69) is 39.0 Å². The number of amides is 1. The summed E-state index contributed by atoms with van der Waals surface area (Å²) in [6.07, 6.45) is 1.74. The molecule has 0 fully saturated rings. The fourth-order valence-corrected chi connectivity index (χ4v) is 3.59. The molecule has 2 aromatic rings. The van der Waals surface area contributed by atoms with Crippen molar-refractivity contribution in [3.05, 3.63) is 51.7 Å². The quantitative estimate of drug-likeness (QED) is 0.809. The predicted molar refractivity (Wildman–Crippen MR) is 85.5 cm³/mol. The number of hydrogen-bond donors (Lipinski definition) is 1. The number of nitrogens with zero attached hydrogens (tertiary/aromatic N) is 1. The van der Waals surface area contributed by atoms with Gasteiger partial charge in [-0.3, -0.25) is 4.79 Å². The van der Waals surface area contributed by atoms with Crippen molar-refractivity contribution in [1.82, 2.24) is 4.98 Å². The lowest BCUT2D eigenvalue weighted by Crippen LogP contribution is -2.21. The Balaban J connectivity index is 1.77. The van der Waals surface area contributed by atoms with Crippen LogP contribution in [0.5, 0.6) is 0 Å². The highest BCUT2D eigenvalue weighted by Crippen LogP contribution is 2.39. The number of fused-ring (bicyclic) bond motifs is 1. The zero-order chi connectivity index (χ0) is 13.2. The molecule has 1 amide bonds. The van der Waals surface area contributed by atoms with E-state index in [1.807, 2.05) is 30.3 Å². The molecule has 1 N–H and O–H groups in total. The molecule has 0 aliphatic carbocycles. The monoisotopic (exact) mass is 382 g/mol. The molecule has 0 saturated carbocycles. The van der Waals surface area contributed by atoms with Gasteiger partial charge < -0.3 is 5.32 Å². The Labute approximate surface area is 129 Å². The molecule has 96 valence electrons. The smallest absolute Gasteiger partial charge is 0.233 e. The summed E-state index contributed by atoms with van der Waals surface area (Å²) >= 11 is 3.92. The Morgan fingerprint density at radius 2 is 2.16 bits per heavy atom. The first kappa shape index (κ1) is 12.9. The third-order valence-corrected chi connectivity index (χ3v) is 4.82. The van der Waals surface area contributed by atoms with E-state index in [-0.39, 0.29) is 11.8 Å². The molecule has 0 spiro atoms. The van der Waals surface area contributed by atoms with Crippen LogP contribution in [0, 0.1) is 3.57 Å². The van der Waals surface area contributed by atoms with Crippen molar-refractivity contribution in [2.24, 2.45) is 0 Å². The average Bonchev–Trinajstić information content (AvgIpc) is 2.85. The lowest BCUT2D eigenvalue weighted by Gasteiger charge is -2.10. The zero-order valence-corrected chi connectivity index (χ0v) is 12.9. The fourth-order valence-electron chi connectivity index (χ4n) is 2.04. The number of benzene rings is 1. The number of anilines is 1. The Kier molecular flexibility index (Phi) is 3.74. The van der Waals surface area contributed by atoms with Crippen LogP contribution in [0.2, 0.25) is 0 Å². The maximum absolute atomic E-state index is 12.3. The lowest BCUT2D eigenvalue weighted by molar-refractivity contribution is -0.117. The zero-order valence-electron chi connectivity index (χ0n) is 9.97. The summed E-state index contributed by atoms with van der Waals surface area (Å²) in [5, 5.41) is 2.89. The van der Waals surface area contributed by atoms with Crippen LogP contribution in [0.15, 0.2) is 47.5 Å². The lowest BCUT2D eigenvalue weighted by atomic mass is 10.0. The van der Waals surface area contributed by atoms with Gasteiger partial charge in [0.15, 0.2) is 0 Å². The summed E-state index contributed by atoms with van der Waals surface area (Å²) in [6.45, 7) is 0. The number of carbonyl (C=O) groups excluding carboxylic acids is 1. The van der Waals surface area contributed by atoms with Crippen molar-refractivity contribution in [3.63, 3.8) is 0 Å². The molecule has 3 nitrogen and oxygen atoms in total. The second kappa shape index (κ2) is 5.50. The Morgan fingerprint density at radius 1 is 1.32 bits per heavy atom. The normalized spacial score (nSPS) is 17.0. The van der Waals surface area contributed by atoms with Crippen LogP contribution in [0.25, 0.3) is 0 Å². The molecule has 0 bridgehead atoms. The molecule has 1 aromatic heterocycles.